The van der Waals surface area contributed by atoms with E-state index in [1.54, 1.807) is 50.6 Å². The highest BCUT2D eigenvalue weighted by atomic mass is 16.3. The Morgan fingerprint density at radius 3 is 2.81 bits per heavy atom. The first kappa shape index (κ1) is 14.9. The number of nitrogens with zero attached hydrogens (tertiary/aromatic N) is 2. The van der Waals surface area contributed by atoms with Crippen LogP contribution in [0.3, 0.4) is 0 Å². The van der Waals surface area contributed by atoms with Gasteiger partial charge in [0.05, 0.1) is 18.3 Å². The van der Waals surface area contributed by atoms with Crippen LogP contribution in [0.25, 0.3) is 0 Å². The second-order valence-corrected chi connectivity index (χ2v) is 5.29. The summed E-state index contributed by atoms with van der Waals surface area (Å²) in [6.07, 6.45) is 4.77. The number of carbonyl (C=O) groups excluding carboxylic acids is 1. The largest absolute Gasteiger partial charge is 0.394 e. The van der Waals surface area contributed by atoms with Crippen molar-refractivity contribution < 1.29 is 9.90 Å². The zero-order valence-corrected chi connectivity index (χ0v) is 12.0. The van der Waals surface area contributed by atoms with Crippen LogP contribution in [0.4, 0.5) is 11.5 Å². The maximum absolute atomic E-state index is 12.1. The third kappa shape index (κ3) is 4.25. The van der Waals surface area contributed by atoms with E-state index in [4.69, 9.17) is 0 Å². The fourth-order valence-corrected chi connectivity index (χ4v) is 1.67. The highest BCUT2D eigenvalue weighted by Crippen LogP contribution is 2.15. The number of nitrogens with one attached hydrogen (secondary N) is 2. The molecule has 0 saturated carbocycles. The molecule has 0 radical (unpaired) electrons. The smallest absolute Gasteiger partial charge is 0.251 e. The lowest BCUT2D eigenvalue weighted by atomic mass is 10.1. The summed E-state index contributed by atoms with van der Waals surface area (Å²) < 4.78 is 0. The maximum atomic E-state index is 12.1. The minimum Gasteiger partial charge on any atom is -0.394 e. The molecule has 0 saturated heterocycles. The van der Waals surface area contributed by atoms with Crippen LogP contribution in [0, 0.1) is 0 Å². The van der Waals surface area contributed by atoms with Crippen LogP contribution in [-0.4, -0.2) is 33.1 Å². The summed E-state index contributed by atoms with van der Waals surface area (Å²) >= 11 is 0. The number of carbonyl (C=O) groups is 1. The van der Waals surface area contributed by atoms with Crippen molar-refractivity contribution in [2.45, 2.75) is 19.4 Å². The van der Waals surface area contributed by atoms with E-state index in [0.717, 1.165) is 5.69 Å². The molecule has 0 unspecified atom stereocenters. The van der Waals surface area contributed by atoms with E-state index in [0.29, 0.717) is 11.4 Å². The first-order valence-corrected chi connectivity index (χ1v) is 6.57. The molecule has 1 aromatic carbocycles. The summed E-state index contributed by atoms with van der Waals surface area (Å²) in [7, 11) is 0. The molecule has 1 amide bonds. The van der Waals surface area contributed by atoms with E-state index in [-0.39, 0.29) is 12.5 Å². The van der Waals surface area contributed by atoms with Gasteiger partial charge in [-0.1, -0.05) is 6.07 Å². The summed E-state index contributed by atoms with van der Waals surface area (Å²) in [5.41, 5.74) is 0.584. The fourth-order valence-electron chi connectivity index (χ4n) is 1.67. The van der Waals surface area contributed by atoms with Crippen LogP contribution in [0.5, 0.6) is 0 Å². The third-order valence-corrected chi connectivity index (χ3v) is 2.81. The van der Waals surface area contributed by atoms with Crippen LogP contribution in [0.15, 0.2) is 42.9 Å². The third-order valence-electron chi connectivity index (χ3n) is 2.81. The van der Waals surface area contributed by atoms with Gasteiger partial charge in [-0.25, -0.2) is 4.98 Å². The van der Waals surface area contributed by atoms with Gasteiger partial charge < -0.3 is 15.7 Å². The molecule has 0 aliphatic heterocycles. The van der Waals surface area contributed by atoms with Crippen molar-refractivity contribution in [2.24, 2.45) is 0 Å². The number of hydrogen-bond acceptors (Lipinski definition) is 5. The van der Waals surface area contributed by atoms with E-state index in [2.05, 4.69) is 20.6 Å². The van der Waals surface area contributed by atoms with Crippen molar-refractivity contribution in [2.75, 3.05) is 11.9 Å². The van der Waals surface area contributed by atoms with Gasteiger partial charge >= 0.3 is 0 Å². The Bertz CT molecular complexity index is 614. The van der Waals surface area contributed by atoms with Crippen LogP contribution in [-0.2, 0) is 0 Å². The van der Waals surface area contributed by atoms with E-state index < -0.39 is 5.54 Å². The predicted molar refractivity (Wildman–Crippen MR) is 80.4 cm³/mol. The molecule has 1 aromatic heterocycles. The number of anilines is 2. The molecule has 0 spiro atoms. The molecule has 21 heavy (non-hydrogen) atoms. The summed E-state index contributed by atoms with van der Waals surface area (Å²) in [6.45, 7) is 3.38. The minimum atomic E-state index is -0.661. The first-order valence-electron chi connectivity index (χ1n) is 6.57. The Hall–Kier alpha value is -2.47. The normalized spacial score (nSPS) is 11.0. The van der Waals surface area contributed by atoms with Crippen LogP contribution in [0.2, 0.25) is 0 Å². The van der Waals surface area contributed by atoms with Crippen molar-refractivity contribution in [3.8, 4) is 0 Å². The molecule has 0 bridgehead atoms. The number of benzene rings is 1. The Balaban J connectivity index is 2.12. The Kier molecular flexibility index (Phi) is 4.49. The van der Waals surface area contributed by atoms with Crippen LogP contribution >= 0.6 is 0 Å². The zero-order chi connectivity index (χ0) is 15.3. The summed E-state index contributed by atoms with van der Waals surface area (Å²) in [6, 6.07) is 7.05. The average Bonchev–Trinajstić information content (AvgIpc) is 2.48. The number of hydrogen-bond donors (Lipinski definition) is 3. The Morgan fingerprint density at radius 1 is 1.33 bits per heavy atom. The van der Waals surface area contributed by atoms with Gasteiger partial charge in [0.15, 0.2) is 0 Å². The molecule has 6 nitrogen and oxygen atoms in total. The summed E-state index contributed by atoms with van der Waals surface area (Å²) in [5.74, 6) is 0.364. The molecule has 2 rings (SSSR count). The molecule has 0 atom stereocenters. The SMILES string of the molecule is CC(C)(CO)NC(=O)c1cccc(Nc2cnccn2)c1. The van der Waals surface area contributed by atoms with E-state index in [9.17, 15) is 9.90 Å². The fraction of sp³-hybridized carbons (Fsp3) is 0.267. The summed E-state index contributed by atoms with van der Waals surface area (Å²) in [4.78, 5) is 20.2. The molecule has 0 aliphatic carbocycles. The average molecular weight is 286 g/mol. The second kappa shape index (κ2) is 6.32. The lowest BCUT2D eigenvalue weighted by Gasteiger charge is -2.23. The van der Waals surface area contributed by atoms with Crippen molar-refractivity contribution >= 4 is 17.4 Å². The molecule has 1 heterocycles. The first-order chi connectivity index (χ1) is 10.00. The molecular weight excluding hydrogens is 268 g/mol. The van der Waals surface area contributed by atoms with Crippen LogP contribution < -0.4 is 10.6 Å². The molecule has 2 aromatic rings. The van der Waals surface area contributed by atoms with Gasteiger partial charge in [-0.2, -0.15) is 0 Å². The van der Waals surface area contributed by atoms with Gasteiger partial charge in [0.2, 0.25) is 0 Å². The lowest BCUT2D eigenvalue weighted by molar-refractivity contribution is 0.0869. The summed E-state index contributed by atoms with van der Waals surface area (Å²) in [5, 5.41) is 15.0. The highest BCUT2D eigenvalue weighted by molar-refractivity contribution is 5.95. The van der Waals surface area contributed by atoms with Gasteiger partial charge in [-0.3, -0.25) is 9.78 Å². The van der Waals surface area contributed by atoms with Crippen molar-refractivity contribution in [1.29, 1.82) is 0 Å². The van der Waals surface area contributed by atoms with Gasteiger partial charge in [-0.05, 0) is 32.0 Å². The van der Waals surface area contributed by atoms with Gasteiger partial charge in [-0.15, -0.1) is 0 Å². The number of rotatable bonds is 5. The second-order valence-electron chi connectivity index (χ2n) is 5.29. The number of amides is 1. The van der Waals surface area contributed by atoms with Crippen molar-refractivity contribution in [3.63, 3.8) is 0 Å². The molecule has 3 N–H and O–H groups in total. The zero-order valence-electron chi connectivity index (χ0n) is 12.0. The van der Waals surface area contributed by atoms with Crippen molar-refractivity contribution in [3.05, 3.63) is 48.4 Å². The number of aromatic nitrogens is 2. The van der Waals surface area contributed by atoms with Crippen molar-refractivity contribution in [1.82, 2.24) is 15.3 Å². The number of aliphatic hydroxyl groups is 1. The van der Waals surface area contributed by atoms with Gasteiger partial charge in [0.25, 0.3) is 5.91 Å². The standard InChI is InChI=1S/C15H18N4O2/c1-15(2,10-20)19-14(21)11-4-3-5-12(8-11)18-13-9-16-6-7-17-13/h3-9,20H,10H2,1-2H3,(H,17,18)(H,19,21). The maximum Gasteiger partial charge on any atom is 0.251 e. The monoisotopic (exact) mass is 286 g/mol. The van der Waals surface area contributed by atoms with Gasteiger partial charge in [0.1, 0.15) is 5.82 Å². The quantitative estimate of drug-likeness (QED) is 0.779. The highest BCUT2D eigenvalue weighted by Gasteiger charge is 2.20. The Labute approximate surface area is 123 Å². The number of aliphatic hydroxyl groups excluding tert-OH is 1. The van der Waals surface area contributed by atoms with E-state index >= 15 is 0 Å². The Morgan fingerprint density at radius 2 is 2.14 bits per heavy atom. The van der Waals surface area contributed by atoms with E-state index in [1.165, 1.54) is 0 Å². The predicted octanol–water partition coefficient (Wildman–Crippen LogP) is 1.72. The molecular formula is C15H18N4O2. The lowest BCUT2D eigenvalue weighted by Crippen LogP contribution is -2.46. The molecule has 110 valence electrons. The molecule has 0 fully saturated rings. The van der Waals surface area contributed by atoms with E-state index in [1.807, 2.05) is 6.07 Å². The topological polar surface area (TPSA) is 87.1 Å². The molecule has 0 aliphatic rings. The minimum absolute atomic E-state index is 0.129. The molecule has 6 heteroatoms. The van der Waals surface area contributed by atoms with Crippen LogP contribution in [0.1, 0.15) is 24.2 Å². The van der Waals surface area contributed by atoms with Gasteiger partial charge in [0, 0.05) is 23.6 Å².